The Morgan fingerprint density at radius 1 is 0.810 bits per heavy atom. The number of hydrogen-bond acceptors (Lipinski definition) is 6. The summed E-state index contributed by atoms with van der Waals surface area (Å²) in [7, 11) is 1.53. The molecular formula is C34H24BrNO6. The molecule has 2 bridgehead atoms. The molecule has 1 aliphatic heterocycles. The molecule has 0 unspecified atom stereocenters. The molecule has 8 heteroatoms. The molecule has 0 aromatic heterocycles. The van der Waals surface area contributed by atoms with Gasteiger partial charge in [-0.15, -0.1) is 0 Å². The van der Waals surface area contributed by atoms with Gasteiger partial charge in [0.2, 0.25) is 11.8 Å². The molecule has 8 rings (SSSR count). The number of imide groups is 1. The number of hydrogen-bond donors (Lipinski definition) is 0. The number of Topliss-reactive ketones (excluding diaryl/α,β-unsaturated/α-hetero) is 1. The average molecular weight is 622 g/mol. The average Bonchev–Trinajstić information content (AvgIpc) is 3.30. The first-order chi connectivity index (χ1) is 20.4. The van der Waals surface area contributed by atoms with E-state index in [2.05, 4.69) is 15.9 Å². The summed E-state index contributed by atoms with van der Waals surface area (Å²) in [6.45, 7) is -0.496. The number of rotatable bonds is 6. The fourth-order valence-corrected chi connectivity index (χ4v) is 8.03. The zero-order valence-corrected chi connectivity index (χ0v) is 24.0. The summed E-state index contributed by atoms with van der Waals surface area (Å²) < 4.78 is 9.61. The van der Waals surface area contributed by atoms with Crippen molar-refractivity contribution in [2.24, 2.45) is 11.8 Å². The Balaban J connectivity index is 1.22. The number of carbonyl (C=O) groups excluding carboxylic acids is 4. The van der Waals surface area contributed by atoms with Crippen molar-refractivity contribution in [3.8, 4) is 5.75 Å². The minimum Gasteiger partial charge on any atom is -0.497 e. The Bertz CT molecular complexity index is 1750. The van der Waals surface area contributed by atoms with Gasteiger partial charge in [-0.2, -0.15) is 0 Å². The van der Waals surface area contributed by atoms with Crippen molar-refractivity contribution in [2.45, 2.75) is 10.2 Å². The van der Waals surface area contributed by atoms with Gasteiger partial charge >= 0.3 is 5.97 Å². The summed E-state index contributed by atoms with van der Waals surface area (Å²) >= 11 is 3.99. The number of anilines is 1. The van der Waals surface area contributed by atoms with Crippen molar-refractivity contribution in [2.75, 3.05) is 18.6 Å². The van der Waals surface area contributed by atoms with Gasteiger partial charge in [0.1, 0.15) is 5.75 Å². The second-order valence-corrected chi connectivity index (χ2v) is 11.9. The molecular weight excluding hydrogens is 598 g/mol. The number of para-hydroxylation sites is 1. The Labute approximate surface area is 250 Å². The molecule has 208 valence electrons. The van der Waals surface area contributed by atoms with Crippen LogP contribution in [0.3, 0.4) is 0 Å². The molecule has 0 radical (unpaired) electrons. The highest BCUT2D eigenvalue weighted by Gasteiger charge is 2.67. The highest BCUT2D eigenvalue weighted by molar-refractivity contribution is 9.09. The lowest BCUT2D eigenvalue weighted by atomic mass is 9.55. The summed E-state index contributed by atoms with van der Waals surface area (Å²) in [5.74, 6) is -3.00. The third kappa shape index (κ3) is 3.64. The maximum absolute atomic E-state index is 14.3. The summed E-state index contributed by atoms with van der Waals surface area (Å²) in [5, 5.41) is 0. The molecule has 1 saturated heterocycles. The van der Waals surface area contributed by atoms with E-state index in [4.69, 9.17) is 9.47 Å². The van der Waals surface area contributed by atoms with Gasteiger partial charge in [0.25, 0.3) is 0 Å². The van der Waals surface area contributed by atoms with Gasteiger partial charge in [0, 0.05) is 11.5 Å². The van der Waals surface area contributed by atoms with Crippen LogP contribution >= 0.6 is 15.9 Å². The number of nitrogens with zero attached hydrogens (tertiary/aromatic N) is 1. The SMILES string of the molecule is COc1ccc(C(=O)COC(=O)c2ccccc2N2C(=O)[C@@H]3C4c5ccccc5C(Br)(c5ccccc54)[C@H]3C2=O)cc1. The van der Waals surface area contributed by atoms with Crippen LogP contribution in [-0.4, -0.2) is 37.3 Å². The smallest absolute Gasteiger partial charge is 0.340 e. The van der Waals surface area contributed by atoms with Crippen molar-refractivity contribution in [1.82, 2.24) is 0 Å². The molecule has 42 heavy (non-hydrogen) atoms. The number of ketones is 1. The highest BCUT2D eigenvalue weighted by atomic mass is 79.9. The third-order valence-electron chi connectivity index (χ3n) is 8.63. The number of amides is 2. The van der Waals surface area contributed by atoms with Gasteiger partial charge in [0.05, 0.1) is 34.5 Å². The van der Waals surface area contributed by atoms with Crippen LogP contribution in [-0.2, 0) is 18.7 Å². The molecule has 1 fully saturated rings. The minimum atomic E-state index is -0.901. The van der Waals surface area contributed by atoms with Crippen molar-refractivity contribution in [1.29, 1.82) is 0 Å². The number of esters is 1. The lowest BCUT2D eigenvalue weighted by molar-refractivity contribution is -0.122. The van der Waals surface area contributed by atoms with Crippen LogP contribution in [0.1, 0.15) is 48.9 Å². The Morgan fingerprint density at radius 2 is 1.40 bits per heavy atom. The third-order valence-corrected chi connectivity index (χ3v) is 9.97. The predicted molar refractivity (Wildman–Crippen MR) is 158 cm³/mol. The number of ether oxygens (including phenoxy) is 2. The lowest BCUT2D eigenvalue weighted by Gasteiger charge is -2.51. The van der Waals surface area contributed by atoms with Crippen LogP contribution in [0, 0.1) is 11.8 Å². The molecule has 1 heterocycles. The zero-order chi connectivity index (χ0) is 29.2. The Hall–Kier alpha value is -4.56. The van der Waals surface area contributed by atoms with Gasteiger partial charge in [-0.1, -0.05) is 76.6 Å². The van der Waals surface area contributed by atoms with E-state index in [1.165, 1.54) is 13.2 Å². The lowest BCUT2D eigenvalue weighted by Crippen LogP contribution is -2.50. The van der Waals surface area contributed by atoms with Crippen molar-refractivity contribution in [3.05, 3.63) is 130 Å². The maximum atomic E-state index is 14.3. The topological polar surface area (TPSA) is 90.0 Å². The molecule has 0 N–H and O–H groups in total. The number of alkyl halides is 1. The number of halogens is 1. The normalized spacial score (nSPS) is 23.2. The van der Waals surface area contributed by atoms with Crippen LogP contribution in [0.25, 0.3) is 0 Å². The fraction of sp³-hybridized carbons (Fsp3) is 0.176. The van der Waals surface area contributed by atoms with Crippen molar-refractivity contribution < 1.29 is 28.7 Å². The molecule has 7 nitrogen and oxygen atoms in total. The van der Waals surface area contributed by atoms with Crippen molar-refractivity contribution >= 4 is 45.2 Å². The second-order valence-electron chi connectivity index (χ2n) is 10.6. The van der Waals surface area contributed by atoms with Gasteiger partial charge in [-0.3, -0.25) is 14.4 Å². The van der Waals surface area contributed by atoms with Crippen LogP contribution in [0.15, 0.2) is 97.1 Å². The standard InChI is InChI=1S/C34H24BrNO6/c1-41-20-16-14-19(15-17-20)27(37)18-42-33(40)23-10-4-7-13-26(23)36-31(38)29-28-21-8-2-5-11-24(21)34(35,30(29)32(36)39)25-12-6-3-9-22(25)28/h2-17,28-30H,18H2,1H3/t28?,29-,30-,34?/m1/s1. The summed E-state index contributed by atoms with van der Waals surface area (Å²) in [5.41, 5.74) is 4.52. The highest BCUT2D eigenvalue weighted by Crippen LogP contribution is 2.66. The quantitative estimate of drug-likeness (QED) is 0.120. The molecule has 3 aliphatic carbocycles. The van der Waals surface area contributed by atoms with Crippen molar-refractivity contribution in [3.63, 3.8) is 0 Å². The molecule has 2 atom stereocenters. The van der Waals surface area contributed by atoms with Crippen LogP contribution < -0.4 is 9.64 Å². The number of carbonyl (C=O) groups is 4. The van der Waals surface area contributed by atoms with Gasteiger partial charge < -0.3 is 9.47 Å². The summed E-state index contributed by atoms with van der Waals surface area (Å²) in [6.07, 6.45) is 0. The largest absolute Gasteiger partial charge is 0.497 e. The molecule has 4 aromatic carbocycles. The molecule has 0 saturated carbocycles. The van der Waals surface area contributed by atoms with Gasteiger partial charge in [0.15, 0.2) is 12.4 Å². The number of benzene rings is 4. The maximum Gasteiger partial charge on any atom is 0.340 e. The molecule has 4 aliphatic rings. The molecule has 2 amide bonds. The zero-order valence-electron chi connectivity index (χ0n) is 22.5. The Kier molecular flexibility index (Phi) is 6.13. The van der Waals surface area contributed by atoms with E-state index < -0.39 is 34.5 Å². The Morgan fingerprint density at radius 3 is 2.05 bits per heavy atom. The van der Waals surface area contributed by atoms with E-state index in [1.807, 2.05) is 48.5 Å². The van der Waals surface area contributed by atoms with Gasteiger partial charge in [-0.05, 0) is 58.7 Å². The van der Waals surface area contributed by atoms with Gasteiger partial charge in [-0.25, -0.2) is 9.69 Å². The van der Waals surface area contributed by atoms with Crippen LogP contribution in [0.2, 0.25) is 0 Å². The minimum absolute atomic E-state index is 0.0337. The monoisotopic (exact) mass is 621 g/mol. The fourth-order valence-electron chi connectivity index (χ4n) is 6.83. The van der Waals surface area contributed by atoms with Crippen LogP contribution in [0.5, 0.6) is 5.75 Å². The first kappa shape index (κ1) is 26.3. The molecule has 4 aromatic rings. The predicted octanol–water partition coefficient (Wildman–Crippen LogP) is 5.64. The number of methoxy groups -OCH3 is 1. The van der Waals surface area contributed by atoms with E-state index in [0.29, 0.717) is 11.3 Å². The van der Waals surface area contributed by atoms with E-state index in [0.717, 1.165) is 27.2 Å². The molecule has 0 spiro atoms. The van der Waals surface area contributed by atoms with E-state index in [9.17, 15) is 19.2 Å². The van der Waals surface area contributed by atoms with Crippen LogP contribution in [0.4, 0.5) is 5.69 Å². The van der Waals surface area contributed by atoms with E-state index in [1.54, 1.807) is 42.5 Å². The summed E-state index contributed by atoms with van der Waals surface area (Å²) in [4.78, 5) is 55.7. The first-order valence-electron chi connectivity index (χ1n) is 13.5. The first-order valence-corrected chi connectivity index (χ1v) is 14.3. The van der Waals surface area contributed by atoms with E-state index >= 15 is 0 Å². The van der Waals surface area contributed by atoms with E-state index in [-0.39, 0.29) is 29.0 Å². The second kappa shape index (κ2) is 9.77. The summed E-state index contributed by atoms with van der Waals surface area (Å²) in [6, 6.07) is 28.7.